The van der Waals surface area contributed by atoms with Crippen molar-refractivity contribution in [3.05, 3.63) is 12.2 Å². The van der Waals surface area contributed by atoms with E-state index in [0.717, 1.165) is 84.1 Å². The second-order valence-corrected chi connectivity index (χ2v) is 9.67. The summed E-state index contributed by atoms with van der Waals surface area (Å²) in [7, 11) is 0. The summed E-state index contributed by atoms with van der Waals surface area (Å²) in [6.07, 6.45) is 11.1. The fourth-order valence-corrected chi connectivity index (χ4v) is 5.02. The predicted molar refractivity (Wildman–Crippen MR) is 126 cm³/mol. The fourth-order valence-electron chi connectivity index (χ4n) is 5.02. The zero-order valence-electron chi connectivity index (χ0n) is 19.9. The Labute approximate surface area is 197 Å². The number of carbonyl (C=O) groups is 4. The summed E-state index contributed by atoms with van der Waals surface area (Å²) in [6, 6.07) is 0. The molecule has 8 heteroatoms. The van der Waals surface area contributed by atoms with Crippen molar-refractivity contribution in [1.29, 1.82) is 0 Å². The molecule has 0 aromatic carbocycles. The number of amides is 3. The quantitative estimate of drug-likeness (QED) is 0.320. The van der Waals surface area contributed by atoms with Crippen LogP contribution >= 0.6 is 0 Å². The topological polar surface area (TPSA) is 98.8 Å². The minimum Gasteiger partial charge on any atom is -0.356 e. The highest BCUT2D eigenvalue weighted by molar-refractivity contribution is 6.12. The van der Waals surface area contributed by atoms with Gasteiger partial charge in [0.25, 0.3) is 11.8 Å². The zero-order chi connectivity index (χ0) is 23.5. The smallest absolute Gasteiger partial charge is 0.253 e. The SMILES string of the molecule is O=C(CCCCCNC(=O)C1CCC(CN2C(=O)C=CC2=O)CC1)CCCN1CCNCC1. The maximum Gasteiger partial charge on any atom is 0.253 e. The number of hydrogen-bond donors (Lipinski definition) is 2. The molecule has 2 N–H and O–H groups in total. The summed E-state index contributed by atoms with van der Waals surface area (Å²) in [4.78, 5) is 51.6. The van der Waals surface area contributed by atoms with Gasteiger partial charge in [0.15, 0.2) is 0 Å². The standard InChI is InChI=1S/C25H40N4O4/c30-22(6-4-16-28-17-14-26-15-18-28)5-2-1-3-13-27-25(33)21-9-7-20(8-10-21)19-29-23(31)11-12-24(29)32/h11-12,20-21,26H,1-10,13-19H2,(H,27,33). The van der Waals surface area contributed by atoms with Crippen molar-refractivity contribution in [3.63, 3.8) is 0 Å². The number of ketones is 1. The minimum absolute atomic E-state index is 0.0293. The van der Waals surface area contributed by atoms with Crippen molar-refractivity contribution >= 4 is 23.5 Å². The number of Topliss-reactive ketones (excluding diaryl/α,β-unsaturated/α-hetero) is 1. The van der Waals surface area contributed by atoms with E-state index in [1.54, 1.807) is 0 Å². The lowest BCUT2D eigenvalue weighted by atomic mass is 9.81. The van der Waals surface area contributed by atoms with Crippen molar-refractivity contribution in [1.82, 2.24) is 20.4 Å². The van der Waals surface area contributed by atoms with Crippen molar-refractivity contribution in [3.8, 4) is 0 Å². The number of unbranched alkanes of at least 4 members (excludes halogenated alkanes) is 2. The summed E-state index contributed by atoms with van der Waals surface area (Å²) in [6.45, 7) is 6.41. The average Bonchev–Trinajstić information content (AvgIpc) is 3.14. The van der Waals surface area contributed by atoms with Crippen molar-refractivity contribution < 1.29 is 19.2 Å². The Morgan fingerprint density at radius 2 is 1.58 bits per heavy atom. The number of carbonyl (C=O) groups excluding carboxylic acids is 4. The molecule has 0 aromatic heterocycles. The van der Waals surface area contributed by atoms with Crippen molar-refractivity contribution in [2.24, 2.45) is 11.8 Å². The molecule has 0 unspecified atom stereocenters. The van der Waals surface area contributed by atoms with Gasteiger partial charge in [-0.1, -0.05) is 6.42 Å². The van der Waals surface area contributed by atoms with Crippen LogP contribution in [-0.4, -0.2) is 79.1 Å². The van der Waals surface area contributed by atoms with Crippen LogP contribution in [0.5, 0.6) is 0 Å². The summed E-state index contributed by atoms with van der Waals surface area (Å²) in [5.74, 6) is 0.345. The molecule has 0 spiro atoms. The molecule has 1 saturated carbocycles. The molecule has 2 aliphatic heterocycles. The molecule has 184 valence electrons. The first kappa shape index (κ1) is 25.6. The van der Waals surface area contributed by atoms with Crippen molar-refractivity contribution in [2.75, 3.05) is 45.8 Å². The van der Waals surface area contributed by atoms with E-state index in [-0.39, 0.29) is 29.6 Å². The molecule has 3 aliphatic rings. The molecule has 0 atom stereocenters. The molecule has 8 nitrogen and oxygen atoms in total. The third-order valence-corrected chi connectivity index (χ3v) is 7.13. The lowest BCUT2D eigenvalue weighted by Crippen LogP contribution is -2.43. The Balaban J connectivity index is 1.16. The second kappa shape index (κ2) is 13.6. The number of hydrogen-bond acceptors (Lipinski definition) is 6. The van der Waals surface area contributed by atoms with E-state index in [2.05, 4.69) is 15.5 Å². The first-order valence-electron chi connectivity index (χ1n) is 12.8. The van der Waals surface area contributed by atoms with E-state index in [9.17, 15) is 19.2 Å². The Morgan fingerprint density at radius 3 is 2.27 bits per heavy atom. The molecule has 0 radical (unpaired) electrons. The third-order valence-electron chi connectivity index (χ3n) is 7.13. The molecule has 33 heavy (non-hydrogen) atoms. The number of piperazine rings is 1. The molecule has 3 rings (SSSR count). The largest absolute Gasteiger partial charge is 0.356 e. The fraction of sp³-hybridized carbons (Fsp3) is 0.760. The Hall–Kier alpha value is -2.06. The van der Waals surface area contributed by atoms with Gasteiger partial charge in [0, 0.05) is 70.2 Å². The van der Waals surface area contributed by atoms with Gasteiger partial charge in [0.2, 0.25) is 5.91 Å². The van der Waals surface area contributed by atoms with Crippen molar-refractivity contribution in [2.45, 2.75) is 64.2 Å². The molecular formula is C25H40N4O4. The van der Waals surface area contributed by atoms with Gasteiger partial charge in [-0.05, 0) is 57.4 Å². The summed E-state index contributed by atoms with van der Waals surface area (Å²) >= 11 is 0. The van der Waals surface area contributed by atoms with E-state index in [4.69, 9.17) is 0 Å². The van der Waals surface area contributed by atoms with E-state index in [0.29, 0.717) is 31.7 Å². The molecule has 2 heterocycles. The first-order chi connectivity index (χ1) is 16.0. The van der Waals surface area contributed by atoms with Gasteiger partial charge in [0.05, 0.1) is 0 Å². The van der Waals surface area contributed by atoms with Gasteiger partial charge in [-0.25, -0.2) is 0 Å². The molecule has 1 saturated heterocycles. The van der Waals surface area contributed by atoms with Crippen LogP contribution in [-0.2, 0) is 19.2 Å². The molecule has 3 amide bonds. The number of nitrogens with one attached hydrogen (secondary N) is 2. The third kappa shape index (κ3) is 8.66. The van der Waals surface area contributed by atoms with E-state index in [1.165, 1.54) is 17.1 Å². The lowest BCUT2D eigenvalue weighted by Gasteiger charge is -2.30. The summed E-state index contributed by atoms with van der Waals surface area (Å²) in [5, 5.41) is 6.39. The highest BCUT2D eigenvalue weighted by atomic mass is 16.2. The zero-order valence-corrected chi connectivity index (χ0v) is 19.9. The highest BCUT2D eigenvalue weighted by Gasteiger charge is 2.31. The molecule has 2 fully saturated rings. The van der Waals surface area contributed by atoms with E-state index >= 15 is 0 Å². The van der Waals surface area contributed by atoms with E-state index in [1.807, 2.05) is 0 Å². The van der Waals surface area contributed by atoms with Crippen LogP contribution < -0.4 is 10.6 Å². The van der Waals surface area contributed by atoms with E-state index < -0.39 is 0 Å². The normalized spacial score (nSPS) is 23.8. The monoisotopic (exact) mass is 460 g/mol. The average molecular weight is 461 g/mol. The van der Waals surface area contributed by atoms with Crippen LogP contribution in [0, 0.1) is 11.8 Å². The predicted octanol–water partition coefficient (Wildman–Crippen LogP) is 1.65. The minimum atomic E-state index is -0.225. The Bertz CT molecular complexity index is 691. The van der Waals surface area contributed by atoms with Gasteiger partial charge in [-0.15, -0.1) is 0 Å². The van der Waals surface area contributed by atoms with Gasteiger partial charge in [-0.2, -0.15) is 0 Å². The molecule has 0 bridgehead atoms. The van der Waals surface area contributed by atoms with Crippen LogP contribution in [0.2, 0.25) is 0 Å². The van der Waals surface area contributed by atoms with Crippen LogP contribution in [0.15, 0.2) is 12.2 Å². The van der Waals surface area contributed by atoms with Crippen LogP contribution in [0.3, 0.4) is 0 Å². The maximum atomic E-state index is 12.4. The first-order valence-corrected chi connectivity index (χ1v) is 12.8. The van der Waals surface area contributed by atoms with Gasteiger partial charge in [-0.3, -0.25) is 24.1 Å². The van der Waals surface area contributed by atoms with Crippen LogP contribution in [0.25, 0.3) is 0 Å². The second-order valence-electron chi connectivity index (χ2n) is 9.67. The molecular weight excluding hydrogens is 420 g/mol. The van der Waals surface area contributed by atoms with Gasteiger partial charge >= 0.3 is 0 Å². The Kier molecular flexibility index (Phi) is 10.5. The number of rotatable bonds is 13. The Morgan fingerprint density at radius 1 is 0.909 bits per heavy atom. The molecule has 0 aromatic rings. The number of imide groups is 1. The lowest BCUT2D eigenvalue weighted by molar-refractivity contribution is -0.138. The highest BCUT2D eigenvalue weighted by Crippen LogP contribution is 2.30. The van der Waals surface area contributed by atoms with Crippen LogP contribution in [0.1, 0.15) is 64.2 Å². The molecule has 1 aliphatic carbocycles. The van der Waals surface area contributed by atoms with Gasteiger partial charge < -0.3 is 15.5 Å². The van der Waals surface area contributed by atoms with Gasteiger partial charge in [0.1, 0.15) is 5.78 Å². The summed E-state index contributed by atoms with van der Waals surface area (Å²) < 4.78 is 0. The van der Waals surface area contributed by atoms with Crippen LogP contribution in [0.4, 0.5) is 0 Å². The maximum absolute atomic E-state index is 12.4. The number of nitrogens with zero attached hydrogens (tertiary/aromatic N) is 2. The summed E-state index contributed by atoms with van der Waals surface area (Å²) in [5.41, 5.74) is 0.